The van der Waals surface area contributed by atoms with Crippen LogP contribution in [0.4, 0.5) is 0 Å². The Morgan fingerprint density at radius 1 is 1.25 bits per heavy atom. The highest BCUT2D eigenvalue weighted by molar-refractivity contribution is 6.30. The fourth-order valence-corrected chi connectivity index (χ4v) is 3.29. The molecule has 112 valence electrons. The van der Waals surface area contributed by atoms with Crippen LogP contribution in [0.25, 0.3) is 0 Å². The molecular formula is C17H27ClN2. The van der Waals surface area contributed by atoms with Gasteiger partial charge in [0.25, 0.3) is 0 Å². The Morgan fingerprint density at radius 3 is 2.55 bits per heavy atom. The van der Waals surface area contributed by atoms with Gasteiger partial charge in [0.2, 0.25) is 0 Å². The molecule has 0 saturated carbocycles. The van der Waals surface area contributed by atoms with Crippen LogP contribution in [0.1, 0.15) is 39.2 Å². The van der Waals surface area contributed by atoms with Crippen molar-refractivity contribution in [2.24, 2.45) is 0 Å². The summed E-state index contributed by atoms with van der Waals surface area (Å²) < 4.78 is 0. The van der Waals surface area contributed by atoms with E-state index in [1.807, 2.05) is 12.1 Å². The summed E-state index contributed by atoms with van der Waals surface area (Å²) in [5.74, 6) is 0. The van der Waals surface area contributed by atoms with Gasteiger partial charge in [-0.05, 0) is 43.9 Å². The highest BCUT2D eigenvalue weighted by atomic mass is 35.5. The monoisotopic (exact) mass is 294 g/mol. The summed E-state index contributed by atoms with van der Waals surface area (Å²) >= 11 is 5.96. The molecule has 0 aliphatic carbocycles. The smallest absolute Gasteiger partial charge is 0.0406 e. The fraction of sp³-hybridized carbons (Fsp3) is 0.647. The maximum atomic E-state index is 5.96. The van der Waals surface area contributed by atoms with Gasteiger partial charge in [0.1, 0.15) is 0 Å². The van der Waals surface area contributed by atoms with Crippen molar-refractivity contribution in [2.75, 3.05) is 13.1 Å². The second-order valence-electron chi connectivity index (χ2n) is 5.95. The molecule has 1 aromatic rings. The highest BCUT2D eigenvalue weighted by Gasteiger charge is 2.29. The summed E-state index contributed by atoms with van der Waals surface area (Å²) in [7, 11) is 0. The molecule has 1 N–H and O–H groups in total. The lowest BCUT2D eigenvalue weighted by atomic mass is 9.99. The van der Waals surface area contributed by atoms with Gasteiger partial charge in [-0.1, -0.05) is 37.6 Å². The lowest BCUT2D eigenvalue weighted by molar-refractivity contribution is 0.0851. The van der Waals surface area contributed by atoms with Gasteiger partial charge in [-0.2, -0.15) is 0 Å². The fourth-order valence-electron chi connectivity index (χ4n) is 3.16. The number of hydrogen-bond acceptors (Lipinski definition) is 2. The van der Waals surface area contributed by atoms with Gasteiger partial charge in [-0.25, -0.2) is 0 Å². The third-order valence-corrected chi connectivity index (χ3v) is 4.77. The zero-order valence-corrected chi connectivity index (χ0v) is 13.7. The molecule has 2 nitrogen and oxygen atoms in total. The predicted octanol–water partition coefficient (Wildman–Crippen LogP) is 3.73. The topological polar surface area (TPSA) is 15.3 Å². The zero-order chi connectivity index (χ0) is 14.5. The Morgan fingerprint density at radius 2 is 1.95 bits per heavy atom. The van der Waals surface area contributed by atoms with Crippen LogP contribution in [0.5, 0.6) is 0 Å². The summed E-state index contributed by atoms with van der Waals surface area (Å²) in [6.45, 7) is 9.21. The van der Waals surface area contributed by atoms with Crippen LogP contribution in [0, 0.1) is 0 Å². The molecule has 1 saturated heterocycles. The molecule has 3 unspecified atom stereocenters. The molecule has 1 aliphatic rings. The lowest BCUT2D eigenvalue weighted by Gasteiger charge is -2.43. The van der Waals surface area contributed by atoms with Crippen molar-refractivity contribution in [2.45, 2.75) is 58.2 Å². The summed E-state index contributed by atoms with van der Waals surface area (Å²) in [5.41, 5.74) is 1.38. The van der Waals surface area contributed by atoms with Crippen molar-refractivity contribution in [1.29, 1.82) is 0 Å². The standard InChI is InChI=1S/C17H27ClN2/c1-4-16-12-20(17(5-2)11-19-16)13(3)10-14-6-8-15(18)9-7-14/h6-9,13,16-17,19H,4-5,10-12H2,1-3H3. The number of piperazine rings is 1. The van der Waals surface area contributed by atoms with E-state index < -0.39 is 0 Å². The van der Waals surface area contributed by atoms with Crippen LogP contribution in [0.3, 0.4) is 0 Å². The van der Waals surface area contributed by atoms with E-state index in [2.05, 4.69) is 43.1 Å². The third-order valence-electron chi connectivity index (χ3n) is 4.52. The largest absolute Gasteiger partial charge is 0.311 e. The maximum absolute atomic E-state index is 5.96. The molecule has 0 bridgehead atoms. The van der Waals surface area contributed by atoms with E-state index in [1.165, 1.54) is 24.9 Å². The Labute approximate surface area is 128 Å². The molecular weight excluding hydrogens is 268 g/mol. The molecule has 2 rings (SSSR count). The first-order valence-electron chi connectivity index (χ1n) is 7.87. The van der Waals surface area contributed by atoms with Gasteiger partial charge in [-0.3, -0.25) is 4.90 Å². The van der Waals surface area contributed by atoms with E-state index in [0.29, 0.717) is 18.1 Å². The average Bonchev–Trinajstić information content (AvgIpc) is 2.48. The second-order valence-corrected chi connectivity index (χ2v) is 6.39. The molecule has 3 atom stereocenters. The number of rotatable bonds is 5. The van der Waals surface area contributed by atoms with Crippen molar-refractivity contribution < 1.29 is 0 Å². The van der Waals surface area contributed by atoms with E-state index in [-0.39, 0.29) is 0 Å². The zero-order valence-electron chi connectivity index (χ0n) is 12.9. The molecule has 20 heavy (non-hydrogen) atoms. The molecule has 1 fully saturated rings. The lowest BCUT2D eigenvalue weighted by Crippen LogP contribution is -2.58. The molecule has 1 aromatic carbocycles. The van der Waals surface area contributed by atoms with Gasteiger partial charge in [0, 0.05) is 36.2 Å². The number of benzene rings is 1. The molecule has 1 heterocycles. The third kappa shape index (κ3) is 3.97. The maximum Gasteiger partial charge on any atom is 0.0406 e. The van der Waals surface area contributed by atoms with Gasteiger partial charge < -0.3 is 5.32 Å². The van der Waals surface area contributed by atoms with Crippen LogP contribution in [0.2, 0.25) is 5.02 Å². The summed E-state index contributed by atoms with van der Waals surface area (Å²) in [4.78, 5) is 2.69. The van der Waals surface area contributed by atoms with Crippen molar-refractivity contribution in [1.82, 2.24) is 10.2 Å². The Balaban J connectivity index is 2.01. The van der Waals surface area contributed by atoms with Crippen molar-refractivity contribution in [3.63, 3.8) is 0 Å². The van der Waals surface area contributed by atoms with E-state index in [4.69, 9.17) is 11.6 Å². The minimum Gasteiger partial charge on any atom is -0.311 e. The van der Waals surface area contributed by atoms with Crippen LogP contribution in [-0.2, 0) is 6.42 Å². The van der Waals surface area contributed by atoms with Gasteiger partial charge in [0.05, 0.1) is 0 Å². The van der Waals surface area contributed by atoms with E-state index >= 15 is 0 Å². The van der Waals surface area contributed by atoms with Crippen molar-refractivity contribution in [3.8, 4) is 0 Å². The number of nitrogens with one attached hydrogen (secondary N) is 1. The first-order chi connectivity index (χ1) is 9.63. The SMILES string of the molecule is CCC1CN(C(C)Cc2ccc(Cl)cc2)C(CC)CN1. The van der Waals surface area contributed by atoms with Crippen LogP contribution in [-0.4, -0.2) is 36.1 Å². The van der Waals surface area contributed by atoms with Crippen molar-refractivity contribution >= 4 is 11.6 Å². The van der Waals surface area contributed by atoms with E-state index in [0.717, 1.165) is 18.0 Å². The Bertz CT molecular complexity index is 404. The number of halogens is 1. The van der Waals surface area contributed by atoms with Crippen molar-refractivity contribution in [3.05, 3.63) is 34.9 Å². The minimum atomic E-state index is 0.581. The molecule has 0 radical (unpaired) electrons. The molecule has 1 aliphatic heterocycles. The summed E-state index contributed by atoms with van der Waals surface area (Å²) in [5, 5.41) is 4.49. The normalized spacial score (nSPS) is 25.6. The van der Waals surface area contributed by atoms with Gasteiger partial charge in [0.15, 0.2) is 0 Å². The van der Waals surface area contributed by atoms with E-state index in [9.17, 15) is 0 Å². The quantitative estimate of drug-likeness (QED) is 0.890. The van der Waals surface area contributed by atoms with Crippen LogP contribution >= 0.6 is 11.6 Å². The summed E-state index contributed by atoms with van der Waals surface area (Å²) in [6, 6.07) is 10.2. The molecule has 0 aromatic heterocycles. The average molecular weight is 295 g/mol. The predicted molar refractivity (Wildman–Crippen MR) is 87.5 cm³/mol. The highest BCUT2D eigenvalue weighted by Crippen LogP contribution is 2.19. The summed E-state index contributed by atoms with van der Waals surface area (Å²) in [6.07, 6.45) is 3.53. The Hall–Kier alpha value is -0.570. The van der Waals surface area contributed by atoms with Gasteiger partial charge >= 0.3 is 0 Å². The first kappa shape index (κ1) is 15.8. The number of hydrogen-bond donors (Lipinski definition) is 1. The first-order valence-corrected chi connectivity index (χ1v) is 8.25. The molecule has 0 amide bonds. The number of nitrogens with zero attached hydrogens (tertiary/aromatic N) is 1. The van der Waals surface area contributed by atoms with Crippen LogP contribution < -0.4 is 5.32 Å². The molecule has 3 heteroatoms. The minimum absolute atomic E-state index is 0.581. The molecule has 0 spiro atoms. The van der Waals surface area contributed by atoms with E-state index in [1.54, 1.807) is 0 Å². The van der Waals surface area contributed by atoms with Gasteiger partial charge in [-0.15, -0.1) is 0 Å². The Kier molecular flexibility index (Phi) is 5.88. The van der Waals surface area contributed by atoms with Crippen LogP contribution in [0.15, 0.2) is 24.3 Å². The second kappa shape index (κ2) is 7.44.